The van der Waals surface area contributed by atoms with Crippen molar-refractivity contribution in [2.24, 2.45) is 0 Å². The molecule has 0 aromatic heterocycles. The summed E-state index contributed by atoms with van der Waals surface area (Å²) >= 11 is 13.9. The molecule has 0 spiro atoms. The van der Waals surface area contributed by atoms with Crippen LogP contribution in [0.4, 0.5) is 10.1 Å². The number of hydrogen-bond donors (Lipinski definition) is 1. The van der Waals surface area contributed by atoms with Gasteiger partial charge in [-0.05, 0) is 54.1 Å². The zero-order chi connectivity index (χ0) is 26.4. The van der Waals surface area contributed by atoms with E-state index >= 15 is 0 Å². The fourth-order valence-electron chi connectivity index (χ4n) is 3.53. The smallest absolute Gasteiger partial charge is 0.264 e. The third kappa shape index (κ3) is 6.81. The number of sulfonamides is 1. The van der Waals surface area contributed by atoms with Crippen molar-refractivity contribution >= 4 is 56.6 Å². The van der Waals surface area contributed by atoms with Gasteiger partial charge >= 0.3 is 0 Å². The number of ether oxygens (including phenoxy) is 2. The van der Waals surface area contributed by atoms with E-state index in [-0.39, 0.29) is 10.6 Å². The van der Waals surface area contributed by atoms with Crippen LogP contribution in [0, 0.1) is 5.82 Å². The number of nitrogens with zero attached hydrogens (tertiary/aromatic N) is 1. The molecular formula is C25H23Cl2FN2O5S2. The number of fused-ring (bicyclic) bond motifs is 1. The number of halogens is 3. The van der Waals surface area contributed by atoms with Gasteiger partial charge in [0.25, 0.3) is 10.0 Å². The highest BCUT2D eigenvalue weighted by Crippen LogP contribution is 2.34. The molecular weight excluding hydrogens is 562 g/mol. The lowest BCUT2D eigenvalue weighted by Crippen LogP contribution is -2.41. The molecule has 0 bridgehead atoms. The van der Waals surface area contributed by atoms with Gasteiger partial charge in [0.1, 0.15) is 25.6 Å². The molecule has 12 heteroatoms. The minimum Gasteiger partial charge on any atom is -0.486 e. The average Bonchev–Trinajstić information content (AvgIpc) is 2.89. The van der Waals surface area contributed by atoms with Gasteiger partial charge in [0, 0.05) is 34.2 Å². The van der Waals surface area contributed by atoms with Crippen molar-refractivity contribution in [1.82, 2.24) is 5.32 Å². The lowest BCUT2D eigenvalue weighted by atomic mass is 10.2. The molecule has 4 rings (SSSR count). The Balaban J connectivity index is 1.43. The Morgan fingerprint density at radius 2 is 1.68 bits per heavy atom. The fraction of sp³-hybridized carbons (Fsp3) is 0.240. The van der Waals surface area contributed by atoms with E-state index in [0.717, 1.165) is 22.0 Å². The maximum atomic E-state index is 13.6. The summed E-state index contributed by atoms with van der Waals surface area (Å²) in [6.45, 7) is 0.461. The standard InChI is InChI=1S/C25H23Cl2FN2O5S2/c26-21-2-1-3-22(27)20(21)16-36-13-10-29-25(31)15-30(18-6-4-17(28)5-7-18)37(32,33)19-8-9-23-24(14-19)35-12-11-34-23/h1-9,14H,10-13,15-16H2,(H,29,31). The summed E-state index contributed by atoms with van der Waals surface area (Å²) in [6.07, 6.45) is 0. The molecule has 0 atom stereocenters. The van der Waals surface area contributed by atoms with Crippen molar-refractivity contribution in [1.29, 1.82) is 0 Å². The van der Waals surface area contributed by atoms with E-state index in [0.29, 0.717) is 52.8 Å². The van der Waals surface area contributed by atoms with E-state index in [1.165, 1.54) is 42.1 Å². The van der Waals surface area contributed by atoms with Gasteiger partial charge in [-0.2, -0.15) is 11.8 Å². The van der Waals surface area contributed by atoms with Gasteiger partial charge < -0.3 is 14.8 Å². The predicted octanol–water partition coefficient (Wildman–Crippen LogP) is 5.15. The molecule has 196 valence electrons. The summed E-state index contributed by atoms with van der Waals surface area (Å²) in [6, 6.07) is 14.4. The molecule has 1 N–H and O–H groups in total. The van der Waals surface area contributed by atoms with Crippen molar-refractivity contribution in [3.05, 3.63) is 82.1 Å². The van der Waals surface area contributed by atoms with Crippen LogP contribution in [-0.2, 0) is 20.6 Å². The Morgan fingerprint density at radius 3 is 2.38 bits per heavy atom. The third-order valence-electron chi connectivity index (χ3n) is 5.38. The molecule has 0 fully saturated rings. The SMILES string of the molecule is O=C(CN(c1ccc(F)cc1)S(=O)(=O)c1ccc2c(c1)OCCO2)NCCSCc1c(Cl)cccc1Cl. The molecule has 1 amide bonds. The molecule has 1 aliphatic heterocycles. The first kappa shape index (κ1) is 27.4. The van der Waals surface area contributed by atoms with Crippen LogP contribution in [0.15, 0.2) is 65.6 Å². The quantitative estimate of drug-likeness (QED) is 0.332. The number of hydrogen-bond acceptors (Lipinski definition) is 6. The summed E-state index contributed by atoms with van der Waals surface area (Å²) in [5, 5.41) is 3.88. The molecule has 0 aliphatic carbocycles. The second-order valence-electron chi connectivity index (χ2n) is 7.90. The van der Waals surface area contributed by atoms with Gasteiger partial charge in [0.05, 0.1) is 10.6 Å². The van der Waals surface area contributed by atoms with E-state index in [1.54, 1.807) is 18.2 Å². The maximum absolute atomic E-state index is 13.6. The fourth-order valence-corrected chi connectivity index (χ4v) is 6.56. The van der Waals surface area contributed by atoms with Crippen molar-refractivity contribution in [2.75, 3.05) is 36.4 Å². The molecule has 3 aromatic rings. The van der Waals surface area contributed by atoms with Crippen molar-refractivity contribution in [3.8, 4) is 11.5 Å². The van der Waals surface area contributed by atoms with Gasteiger partial charge in [-0.1, -0.05) is 29.3 Å². The summed E-state index contributed by atoms with van der Waals surface area (Å²) in [7, 11) is -4.20. The minimum absolute atomic E-state index is 0.0824. The Labute approximate surface area is 228 Å². The van der Waals surface area contributed by atoms with E-state index < -0.39 is 28.3 Å². The highest BCUT2D eigenvalue weighted by molar-refractivity contribution is 7.98. The monoisotopic (exact) mass is 584 g/mol. The van der Waals surface area contributed by atoms with Crippen molar-refractivity contribution in [2.45, 2.75) is 10.6 Å². The van der Waals surface area contributed by atoms with Crippen molar-refractivity contribution < 1.29 is 27.1 Å². The number of nitrogens with one attached hydrogen (secondary N) is 1. The second kappa shape index (κ2) is 12.3. The molecule has 37 heavy (non-hydrogen) atoms. The van der Waals surface area contributed by atoms with Crippen LogP contribution in [0.5, 0.6) is 11.5 Å². The highest BCUT2D eigenvalue weighted by Gasteiger charge is 2.29. The molecule has 0 saturated carbocycles. The van der Waals surface area contributed by atoms with E-state index in [4.69, 9.17) is 32.7 Å². The van der Waals surface area contributed by atoms with Crippen LogP contribution >= 0.6 is 35.0 Å². The number of thioether (sulfide) groups is 1. The summed E-state index contributed by atoms with van der Waals surface area (Å²) in [5.74, 6) is 0.813. The number of rotatable bonds is 10. The van der Waals surface area contributed by atoms with Gasteiger partial charge in [0.2, 0.25) is 5.91 Å². The minimum atomic E-state index is -4.20. The predicted molar refractivity (Wildman–Crippen MR) is 144 cm³/mol. The lowest BCUT2D eigenvalue weighted by molar-refractivity contribution is -0.119. The average molecular weight is 586 g/mol. The van der Waals surface area contributed by atoms with Crippen LogP contribution in [0.3, 0.4) is 0 Å². The highest BCUT2D eigenvalue weighted by atomic mass is 35.5. The third-order valence-corrected chi connectivity index (χ3v) is 8.84. The number of benzene rings is 3. The normalized spacial score (nSPS) is 12.7. The molecule has 3 aromatic carbocycles. The molecule has 0 radical (unpaired) electrons. The molecule has 0 saturated heterocycles. The first-order chi connectivity index (χ1) is 17.8. The number of carbonyl (C=O) groups is 1. The van der Waals surface area contributed by atoms with Crippen LogP contribution in [0.1, 0.15) is 5.56 Å². The first-order valence-electron chi connectivity index (χ1n) is 11.2. The van der Waals surface area contributed by atoms with Crippen LogP contribution in [-0.4, -0.2) is 46.4 Å². The summed E-state index contributed by atoms with van der Waals surface area (Å²) in [4.78, 5) is 12.7. The van der Waals surface area contributed by atoms with Crippen LogP contribution in [0.25, 0.3) is 0 Å². The zero-order valence-corrected chi connectivity index (χ0v) is 22.6. The maximum Gasteiger partial charge on any atom is 0.264 e. The Kier molecular flexibility index (Phi) is 9.07. The summed E-state index contributed by atoms with van der Waals surface area (Å²) in [5.41, 5.74) is 0.962. The molecule has 1 heterocycles. The lowest BCUT2D eigenvalue weighted by Gasteiger charge is -2.25. The number of carbonyl (C=O) groups excluding carboxylic acids is 1. The van der Waals surface area contributed by atoms with Gasteiger partial charge in [0.15, 0.2) is 11.5 Å². The Morgan fingerprint density at radius 1 is 1.00 bits per heavy atom. The zero-order valence-electron chi connectivity index (χ0n) is 19.5. The Bertz CT molecular complexity index is 1350. The topological polar surface area (TPSA) is 84.9 Å². The summed E-state index contributed by atoms with van der Waals surface area (Å²) < 4.78 is 52.6. The van der Waals surface area contributed by atoms with Gasteiger partial charge in [-0.25, -0.2) is 12.8 Å². The molecule has 7 nitrogen and oxygen atoms in total. The van der Waals surface area contributed by atoms with Crippen molar-refractivity contribution in [3.63, 3.8) is 0 Å². The largest absolute Gasteiger partial charge is 0.486 e. The van der Waals surface area contributed by atoms with Gasteiger partial charge in [-0.3, -0.25) is 9.10 Å². The van der Waals surface area contributed by atoms with E-state index in [2.05, 4.69) is 5.32 Å². The second-order valence-corrected chi connectivity index (χ2v) is 11.7. The van der Waals surface area contributed by atoms with E-state index in [1.807, 2.05) is 0 Å². The van der Waals surface area contributed by atoms with Crippen LogP contribution < -0.4 is 19.1 Å². The Hall–Kier alpha value is -2.66. The molecule has 0 unspecified atom stereocenters. The number of amides is 1. The number of anilines is 1. The first-order valence-corrected chi connectivity index (χ1v) is 14.6. The molecule has 1 aliphatic rings. The van der Waals surface area contributed by atoms with Crippen LogP contribution in [0.2, 0.25) is 10.0 Å². The van der Waals surface area contributed by atoms with Gasteiger partial charge in [-0.15, -0.1) is 0 Å². The van der Waals surface area contributed by atoms with E-state index in [9.17, 15) is 17.6 Å².